The lowest BCUT2D eigenvalue weighted by atomic mass is 10.1. The molecule has 0 aromatic heterocycles. The van der Waals surface area contributed by atoms with Crippen LogP contribution in [0.25, 0.3) is 0 Å². The molecule has 0 saturated carbocycles. The van der Waals surface area contributed by atoms with Crippen LogP contribution in [0.15, 0.2) is 36.4 Å². The molecule has 0 aliphatic carbocycles. The van der Waals surface area contributed by atoms with Gasteiger partial charge in [-0.1, -0.05) is 11.6 Å². The minimum atomic E-state index is -1.24. The van der Waals surface area contributed by atoms with E-state index in [1.807, 2.05) is 6.92 Å². The number of hydrogen-bond acceptors (Lipinski definition) is 4. The van der Waals surface area contributed by atoms with Gasteiger partial charge < -0.3 is 10.1 Å². The first-order valence-electron chi connectivity index (χ1n) is 7.62. The first kappa shape index (κ1) is 18.7. The number of rotatable bonds is 5. The van der Waals surface area contributed by atoms with Crippen LogP contribution in [0.1, 0.15) is 25.0 Å². The van der Waals surface area contributed by atoms with E-state index < -0.39 is 16.4 Å². The van der Waals surface area contributed by atoms with E-state index in [-0.39, 0.29) is 11.4 Å². The van der Waals surface area contributed by atoms with E-state index in [0.717, 1.165) is 11.1 Å². The summed E-state index contributed by atoms with van der Waals surface area (Å²) in [5.41, 5.74) is 0.379. The number of carbonyl (C=O) groups excluding carboxylic acids is 1. The van der Waals surface area contributed by atoms with Crippen molar-refractivity contribution >= 4 is 28.9 Å². The zero-order chi connectivity index (χ0) is 18.8. The highest BCUT2D eigenvalue weighted by molar-refractivity contribution is 6.30. The summed E-state index contributed by atoms with van der Waals surface area (Å²) in [4.78, 5) is 23.3. The lowest BCUT2D eigenvalue weighted by molar-refractivity contribution is -0.384. The summed E-state index contributed by atoms with van der Waals surface area (Å²) in [6, 6.07) is 9.63. The summed E-state index contributed by atoms with van der Waals surface area (Å²) < 4.78 is 5.70. The van der Waals surface area contributed by atoms with Crippen LogP contribution < -0.4 is 10.1 Å². The maximum atomic E-state index is 12.6. The SMILES string of the molecule is Cc1cc(NC(=O)C(C)(C)Oc2ccc(Cl)cc2)c([N+](=O)[O-])cc1C. The Kier molecular flexibility index (Phi) is 5.33. The van der Waals surface area contributed by atoms with Crippen LogP contribution in [-0.2, 0) is 4.79 Å². The van der Waals surface area contributed by atoms with E-state index in [9.17, 15) is 14.9 Å². The summed E-state index contributed by atoms with van der Waals surface area (Å²) in [7, 11) is 0. The topological polar surface area (TPSA) is 81.5 Å². The first-order chi connectivity index (χ1) is 11.6. The zero-order valence-electron chi connectivity index (χ0n) is 14.4. The predicted octanol–water partition coefficient (Wildman–Crippen LogP) is 4.66. The van der Waals surface area contributed by atoms with Crippen molar-refractivity contribution in [3.8, 4) is 5.75 Å². The van der Waals surface area contributed by atoms with Crippen molar-refractivity contribution in [1.29, 1.82) is 0 Å². The van der Waals surface area contributed by atoms with Crippen LogP contribution in [0.2, 0.25) is 5.02 Å². The van der Waals surface area contributed by atoms with Crippen LogP contribution in [0, 0.1) is 24.0 Å². The molecule has 0 unspecified atom stereocenters. The molecule has 2 rings (SSSR count). The van der Waals surface area contributed by atoms with Gasteiger partial charge in [-0.25, -0.2) is 0 Å². The van der Waals surface area contributed by atoms with Gasteiger partial charge in [0.2, 0.25) is 0 Å². The van der Waals surface area contributed by atoms with Gasteiger partial charge >= 0.3 is 0 Å². The van der Waals surface area contributed by atoms with Gasteiger partial charge in [-0.05, 0) is 69.2 Å². The average molecular weight is 363 g/mol. The molecule has 0 saturated heterocycles. The molecular weight excluding hydrogens is 344 g/mol. The van der Waals surface area contributed by atoms with Crippen LogP contribution in [-0.4, -0.2) is 16.4 Å². The zero-order valence-corrected chi connectivity index (χ0v) is 15.2. The highest BCUT2D eigenvalue weighted by Gasteiger charge is 2.32. The second-order valence-corrected chi connectivity index (χ2v) is 6.67. The van der Waals surface area contributed by atoms with Gasteiger partial charge in [-0.3, -0.25) is 14.9 Å². The third-order valence-electron chi connectivity index (χ3n) is 3.79. The van der Waals surface area contributed by atoms with E-state index in [0.29, 0.717) is 10.8 Å². The second kappa shape index (κ2) is 7.11. The number of halogens is 1. The fraction of sp³-hybridized carbons (Fsp3) is 0.278. The predicted molar refractivity (Wildman–Crippen MR) is 97.4 cm³/mol. The normalized spacial score (nSPS) is 11.1. The molecule has 0 heterocycles. The molecule has 0 aliphatic rings. The second-order valence-electron chi connectivity index (χ2n) is 6.23. The summed E-state index contributed by atoms with van der Waals surface area (Å²) in [6.45, 7) is 6.78. The van der Waals surface area contributed by atoms with Crippen molar-refractivity contribution in [2.75, 3.05) is 5.32 Å². The Balaban J connectivity index is 2.24. The van der Waals surface area contributed by atoms with E-state index in [1.165, 1.54) is 6.07 Å². The van der Waals surface area contributed by atoms with E-state index >= 15 is 0 Å². The fourth-order valence-electron chi connectivity index (χ4n) is 2.17. The molecular formula is C18H19ClN2O4. The average Bonchev–Trinajstić information content (AvgIpc) is 2.52. The lowest BCUT2D eigenvalue weighted by Crippen LogP contribution is -2.42. The van der Waals surface area contributed by atoms with Gasteiger partial charge in [0.25, 0.3) is 11.6 Å². The Morgan fingerprint density at radius 2 is 1.72 bits per heavy atom. The number of anilines is 1. The molecule has 2 aromatic carbocycles. The number of nitrogens with one attached hydrogen (secondary N) is 1. The van der Waals surface area contributed by atoms with Crippen molar-refractivity contribution < 1.29 is 14.5 Å². The van der Waals surface area contributed by atoms with Crippen LogP contribution in [0.4, 0.5) is 11.4 Å². The van der Waals surface area contributed by atoms with E-state index in [2.05, 4.69) is 5.32 Å². The van der Waals surface area contributed by atoms with Gasteiger partial charge in [0.15, 0.2) is 5.60 Å². The number of hydrogen-bond donors (Lipinski definition) is 1. The number of aryl methyl sites for hydroxylation is 2. The largest absolute Gasteiger partial charge is 0.478 e. The smallest absolute Gasteiger partial charge is 0.293 e. The monoisotopic (exact) mass is 362 g/mol. The molecule has 0 bridgehead atoms. The first-order valence-corrected chi connectivity index (χ1v) is 7.99. The van der Waals surface area contributed by atoms with Gasteiger partial charge in [0.05, 0.1) is 4.92 Å². The van der Waals surface area contributed by atoms with Gasteiger partial charge in [0.1, 0.15) is 11.4 Å². The van der Waals surface area contributed by atoms with Crippen molar-refractivity contribution in [1.82, 2.24) is 0 Å². The van der Waals surface area contributed by atoms with Crippen molar-refractivity contribution in [2.45, 2.75) is 33.3 Å². The Morgan fingerprint density at radius 1 is 1.16 bits per heavy atom. The van der Waals surface area contributed by atoms with Gasteiger partial charge in [0, 0.05) is 11.1 Å². The highest BCUT2D eigenvalue weighted by atomic mass is 35.5. The Morgan fingerprint density at radius 3 is 2.28 bits per heavy atom. The third kappa shape index (κ3) is 4.48. The Labute approximate surface area is 150 Å². The third-order valence-corrected chi connectivity index (χ3v) is 4.04. The number of carbonyl (C=O) groups is 1. The number of amides is 1. The minimum Gasteiger partial charge on any atom is -0.478 e. The molecule has 0 radical (unpaired) electrons. The van der Waals surface area contributed by atoms with Crippen molar-refractivity contribution in [2.24, 2.45) is 0 Å². The Hall–Kier alpha value is -2.60. The molecule has 25 heavy (non-hydrogen) atoms. The summed E-state index contributed by atoms with van der Waals surface area (Å²) in [5, 5.41) is 14.4. The van der Waals surface area contributed by atoms with Crippen molar-refractivity contribution in [3.05, 3.63) is 62.7 Å². The minimum absolute atomic E-state index is 0.144. The van der Waals surface area contributed by atoms with Gasteiger partial charge in [-0.2, -0.15) is 0 Å². The molecule has 0 atom stereocenters. The number of nitro benzene ring substituents is 1. The Bertz CT molecular complexity index is 817. The lowest BCUT2D eigenvalue weighted by Gasteiger charge is -2.25. The summed E-state index contributed by atoms with van der Waals surface area (Å²) in [5.74, 6) is -0.0204. The quantitative estimate of drug-likeness (QED) is 0.619. The van der Waals surface area contributed by atoms with Crippen molar-refractivity contribution in [3.63, 3.8) is 0 Å². The fourth-order valence-corrected chi connectivity index (χ4v) is 2.29. The maximum absolute atomic E-state index is 12.6. The molecule has 0 spiro atoms. The van der Waals surface area contributed by atoms with Gasteiger partial charge in [-0.15, -0.1) is 0 Å². The highest BCUT2D eigenvalue weighted by Crippen LogP contribution is 2.29. The van der Waals surface area contributed by atoms with Crippen LogP contribution in [0.5, 0.6) is 5.75 Å². The number of benzene rings is 2. The maximum Gasteiger partial charge on any atom is 0.293 e. The standard InChI is InChI=1S/C18H19ClN2O4/c1-11-9-15(16(21(23)24)10-12(11)2)20-17(22)18(3,4)25-14-7-5-13(19)6-8-14/h5-10H,1-4H3,(H,20,22). The van der Waals surface area contributed by atoms with E-state index in [4.69, 9.17) is 16.3 Å². The molecule has 2 aromatic rings. The molecule has 132 valence electrons. The molecule has 1 amide bonds. The molecule has 6 nitrogen and oxygen atoms in total. The number of ether oxygens (including phenoxy) is 1. The summed E-state index contributed by atoms with van der Waals surface area (Å²) in [6.07, 6.45) is 0. The molecule has 0 fully saturated rings. The molecule has 1 N–H and O–H groups in total. The number of nitro groups is 1. The number of nitrogens with zero attached hydrogens (tertiary/aromatic N) is 1. The van der Waals surface area contributed by atoms with Crippen LogP contribution in [0.3, 0.4) is 0 Å². The van der Waals surface area contributed by atoms with Crippen LogP contribution >= 0.6 is 11.6 Å². The summed E-state index contributed by atoms with van der Waals surface area (Å²) >= 11 is 5.83. The molecule has 7 heteroatoms. The molecule has 0 aliphatic heterocycles. The van der Waals surface area contributed by atoms with E-state index in [1.54, 1.807) is 51.1 Å².